The maximum atomic E-state index is 5.27. The molecular formula is C24H25N4P. The Morgan fingerprint density at radius 1 is 0.690 bits per heavy atom. The van der Waals surface area contributed by atoms with Gasteiger partial charge in [0.25, 0.3) is 0 Å². The zero-order valence-electron chi connectivity index (χ0n) is 16.8. The first kappa shape index (κ1) is 19.4. The van der Waals surface area contributed by atoms with Crippen LogP contribution in [0.2, 0.25) is 0 Å². The molecular weight excluding hydrogens is 375 g/mol. The highest BCUT2D eigenvalue weighted by atomic mass is 31.2. The van der Waals surface area contributed by atoms with Crippen molar-refractivity contribution in [3.8, 4) is 0 Å². The number of nitrogens with zero attached hydrogens (tertiary/aromatic N) is 4. The fourth-order valence-electron chi connectivity index (χ4n) is 3.43. The van der Waals surface area contributed by atoms with E-state index in [0.29, 0.717) is 0 Å². The van der Waals surface area contributed by atoms with Crippen LogP contribution in [0.5, 0.6) is 0 Å². The average molecular weight is 400 g/mol. The van der Waals surface area contributed by atoms with Crippen molar-refractivity contribution in [1.82, 2.24) is 4.90 Å². The predicted molar refractivity (Wildman–Crippen MR) is 125 cm³/mol. The highest BCUT2D eigenvalue weighted by Gasteiger charge is 2.30. The monoisotopic (exact) mass is 400 g/mol. The molecule has 0 aromatic heterocycles. The molecule has 4 rings (SSSR count). The Morgan fingerprint density at radius 3 is 1.66 bits per heavy atom. The van der Waals surface area contributed by atoms with Crippen LogP contribution in [-0.2, 0) is 0 Å². The van der Waals surface area contributed by atoms with Crippen LogP contribution >= 0.6 is 7.21 Å². The number of aliphatic imine (C=N–C) groups is 1. The van der Waals surface area contributed by atoms with Gasteiger partial charge in [0.15, 0.2) is 5.84 Å². The lowest BCUT2D eigenvalue weighted by atomic mass is 10.2. The van der Waals surface area contributed by atoms with Crippen LogP contribution in [-0.4, -0.2) is 29.8 Å². The summed E-state index contributed by atoms with van der Waals surface area (Å²) in [4.78, 5) is 7.10. The summed E-state index contributed by atoms with van der Waals surface area (Å²) >= 11 is 0. The quantitative estimate of drug-likeness (QED) is 0.561. The molecule has 0 aliphatic carbocycles. The normalized spacial score (nSPS) is 15.1. The van der Waals surface area contributed by atoms with E-state index < -0.39 is 7.21 Å². The van der Waals surface area contributed by atoms with Crippen LogP contribution in [0.15, 0.2) is 105 Å². The fourth-order valence-corrected chi connectivity index (χ4v) is 6.27. The highest BCUT2D eigenvalue weighted by molar-refractivity contribution is 7.80. The molecule has 3 aromatic rings. The lowest BCUT2D eigenvalue weighted by Crippen LogP contribution is -2.32. The number of amidine groups is 1. The van der Waals surface area contributed by atoms with Gasteiger partial charge in [-0.2, -0.15) is 4.99 Å². The number of guanidine groups is 1. The molecule has 146 valence electrons. The largest absolute Gasteiger partial charge is 0.341 e. The van der Waals surface area contributed by atoms with Crippen molar-refractivity contribution in [1.29, 1.82) is 0 Å². The molecule has 5 heteroatoms. The van der Waals surface area contributed by atoms with Gasteiger partial charge in [0.05, 0.1) is 0 Å². The molecule has 0 N–H and O–H groups in total. The summed E-state index contributed by atoms with van der Waals surface area (Å²) in [7, 11) is -2.41. The van der Waals surface area contributed by atoms with Crippen molar-refractivity contribution in [2.75, 3.05) is 13.1 Å². The van der Waals surface area contributed by atoms with E-state index in [1.165, 1.54) is 0 Å². The van der Waals surface area contributed by atoms with E-state index in [0.717, 1.165) is 41.1 Å². The predicted octanol–water partition coefficient (Wildman–Crippen LogP) is 4.91. The number of hydrogen-bond donors (Lipinski definition) is 0. The molecule has 1 heterocycles. The van der Waals surface area contributed by atoms with Crippen LogP contribution < -0.4 is 10.6 Å². The molecule has 4 nitrogen and oxygen atoms in total. The minimum atomic E-state index is -2.41. The van der Waals surface area contributed by atoms with E-state index in [4.69, 9.17) is 14.5 Å². The summed E-state index contributed by atoms with van der Waals surface area (Å²) in [6.07, 6.45) is 0. The third kappa shape index (κ3) is 3.81. The number of benzene rings is 3. The van der Waals surface area contributed by atoms with Gasteiger partial charge >= 0.3 is 0 Å². The zero-order valence-corrected chi connectivity index (χ0v) is 17.7. The Hall–Kier alpha value is -2.97. The Bertz CT molecular complexity index is 1030. The number of hydrogen-bond acceptors (Lipinski definition) is 4. The van der Waals surface area contributed by atoms with E-state index in [-0.39, 0.29) is 0 Å². The molecule has 1 aliphatic rings. The van der Waals surface area contributed by atoms with Gasteiger partial charge in [0.2, 0.25) is 5.96 Å². The van der Waals surface area contributed by atoms with Crippen molar-refractivity contribution >= 4 is 29.6 Å². The van der Waals surface area contributed by atoms with Crippen LogP contribution in [0.1, 0.15) is 19.4 Å². The molecule has 29 heavy (non-hydrogen) atoms. The summed E-state index contributed by atoms with van der Waals surface area (Å²) in [6, 6.07) is 31.1. The van der Waals surface area contributed by atoms with Crippen LogP contribution in [0.25, 0.3) is 0 Å². The third-order valence-electron chi connectivity index (χ3n) is 4.99. The Morgan fingerprint density at radius 2 is 1.17 bits per heavy atom. The molecule has 0 amide bonds. The molecule has 1 aliphatic heterocycles. The standard InChI is InChI=1S/C24H25N4P/c1-3-28(4-2)24-25-23(20-14-8-5-9-15-20)26-29(27-24,21-16-10-6-11-17-21)22-18-12-7-13-19-22/h5-19H,3-4H2,1-2H3. The van der Waals surface area contributed by atoms with Crippen LogP contribution in [0.4, 0.5) is 0 Å². The van der Waals surface area contributed by atoms with E-state index in [2.05, 4.69) is 79.4 Å². The van der Waals surface area contributed by atoms with E-state index in [1.54, 1.807) is 0 Å². The summed E-state index contributed by atoms with van der Waals surface area (Å²) in [5, 5.41) is 2.28. The van der Waals surface area contributed by atoms with Crippen molar-refractivity contribution in [2.45, 2.75) is 13.8 Å². The summed E-state index contributed by atoms with van der Waals surface area (Å²) in [6.45, 7) is 5.98. The lowest BCUT2D eigenvalue weighted by molar-refractivity contribution is 0.461. The maximum absolute atomic E-state index is 5.27. The van der Waals surface area contributed by atoms with Gasteiger partial charge in [-0.05, 0) is 13.8 Å². The minimum Gasteiger partial charge on any atom is -0.341 e. The second kappa shape index (κ2) is 8.59. The highest BCUT2D eigenvalue weighted by Crippen LogP contribution is 2.51. The zero-order chi connectivity index (χ0) is 20.1. The molecule has 0 atom stereocenters. The molecule has 0 bridgehead atoms. The van der Waals surface area contributed by atoms with Crippen molar-refractivity contribution < 1.29 is 0 Å². The second-order valence-corrected chi connectivity index (χ2v) is 9.38. The maximum Gasteiger partial charge on any atom is 0.228 e. The van der Waals surface area contributed by atoms with Gasteiger partial charge in [-0.1, -0.05) is 91.0 Å². The molecule has 0 saturated carbocycles. The van der Waals surface area contributed by atoms with Gasteiger partial charge in [-0.15, -0.1) is 0 Å². The van der Waals surface area contributed by atoms with Gasteiger partial charge in [-0.3, -0.25) is 0 Å². The van der Waals surface area contributed by atoms with Crippen molar-refractivity contribution in [2.24, 2.45) is 14.5 Å². The van der Waals surface area contributed by atoms with Crippen molar-refractivity contribution in [3.63, 3.8) is 0 Å². The average Bonchev–Trinajstić information content (AvgIpc) is 2.81. The molecule has 0 fully saturated rings. The smallest absolute Gasteiger partial charge is 0.228 e. The minimum absolute atomic E-state index is 0.753. The van der Waals surface area contributed by atoms with Gasteiger partial charge in [0, 0.05) is 29.3 Å². The first-order chi connectivity index (χ1) is 14.3. The summed E-state index contributed by atoms with van der Waals surface area (Å²) in [5.41, 5.74) is 1.02. The van der Waals surface area contributed by atoms with Gasteiger partial charge in [-0.25, -0.2) is 9.51 Å². The van der Waals surface area contributed by atoms with E-state index in [9.17, 15) is 0 Å². The molecule has 0 radical (unpaired) electrons. The Kier molecular flexibility index (Phi) is 5.73. The van der Waals surface area contributed by atoms with Crippen molar-refractivity contribution in [3.05, 3.63) is 96.6 Å². The van der Waals surface area contributed by atoms with Gasteiger partial charge in [0.1, 0.15) is 7.21 Å². The number of rotatable bonds is 5. The Balaban J connectivity index is 2.04. The second-order valence-electron chi connectivity index (χ2n) is 6.75. The Labute approximate surface area is 172 Å². The lowest BCUT2D eigenvalue weighted by Gasteiger charge is -2.29. The SMILES string of the molecule is CCN(CC)C1=NC(c2ccccc2)=NP(c2ccccc2)(c2ccccc2)=N1. The van der Waals surface area contributed by atoms with Gasteiger partial charge < -0.3 is 4.90 Å². The van der Waals surface area contributed by atoms with Crippen LogP contribution in [0, 0.1) is 0 Å². The molecule has 0 saturated heterocycles. The molecule has 0 spiro atoms. The topological polar surface area (TPSA) is 40.3 Å². The molecule has 0 unspecified atom stereocenters. The first-order valence-electron chi connectivity index (χ1n) is 9.99. The van der Waals surface area contributed by atoms with E-state index >= 15 is 0 Å². The van der Waals surface area contributed by atoms with E-state index in [1.807, 2.05) is 30.3 Å². The first-order valence-corrected chi connectivity index (χ1v) is 11.7. The summed E-state index contributed by atoms with van der Waals surface area (Å²) < 4.78 is 10.5. The fraction of sp³-hybridized carbons (Fsp3) is 0.167. The third-order valence-corrected chi connectivity index (χ3v) is 7.97. The van der Waals surface area contributed by atoms with Crippen LogP contribution in [0.3, 0.4) is 0 Å². The summed E-state index contributed by atoms with van der Waals surface area (Å²) in [5.74, 6) is 1.52. The molecule has 3 aromatic carbocycles.